The minimum atomic E-state index is -2.99. The predicted molar refractivity (Wildman–Crippen MR) is 93.3 cm³/mol. The fourth-order valence-electron chi connectivity index (χ4n) is 3.13. The Balaban J connectivity index is 1.66. The number of sulfone groups is 1. The Labute approximate surface area is 144 Å². The highest BCUT2D eigenvalue weighted by atomic mass is 32.2. The van der Waals surface area contributed by atoms with Gasteiger partial charge in [0.05, 0.1) is 11.7 Å². The molecule has 3 rings (SSSR count). The molecule has 24 heavy (non-hydrogen) atoms. The van der Waals surface area contributed by atoms with E-state index >= 15 is 0 Å². The molecule has 1 aliphatic heterocycles. The third-order valence-corrected chi connectivity index (χ3v) is 6.68. The Bertz CT molecular complexity index is 679. The molecule has 0 radical (unpaired) electrons. The van der Waals surface area contributed by atoms with E-state index in [2.05, 4.69) is 14.8 Å². The first kappa shape index (κ1) is 17.5. The zero-order chi connectivity index (χ0) is 17.2. The lowest BCUT2D eigenvalue weighted by molar-refractivity contribution is -0.126. The van der Waals surface area contributed by atoms with Gasteiger partial charge < -0.3 is 9.88 Å². The Hall–Kier alpha value is -1.34. The second kappa shape index (κ2) is 7.27. The van der Waals surface area contributed by atoms with Crippen LogP contribution in [0.4, 0.5) is 0 Å². The maximum Gasteiger partial charge on any atom is 0.226 e. The van der Waals surface area contributed by atoms with Crippen molar-refractivity contribution in [2.24, 2.45) is 11.8 Å². The van der Waals surface area contributed by atoms with Crippen LogP contribution in [0.5, 0.6) is 0 Å². The number of rotatable bonds is 7. The Kier molecular flexibility index (Phi) is 5.30. The van der Waals surface area contributed by atoms with E-state index in [1.807, 2.05) is 18.3 Å². The van der Waals surface area contributed by atoms with Crippen molar-refractivity contribution in [2.45, 2.75) is 32.9 Å². The molecule has 134 valence electrons. The van der Waals surface area contributed by atoms with Crippen LogP contribution in [0.3, 0.4) is 0 Å². The van der Waals surface area contributed by atoms with Gasteiger partial charge >= 0.3 is 0 Å². The van der Waals surface area contributed by atoms with Gasteiger partial charge in [0, 0.05) is 50.4 Å². The number of hydrogen-bond acceptors (Lipinski definition) is 4. The topological polar surface area (TPSA) is 71.4 Å². The summed E-state index contributed by atoms with van der Waals surface area (Å²) in [6.45, 7) is 4.90. The van der Waals surface area contributed by atoms with Gasteiger partial charge in [0.25, 0.3) is 0 Å². The van der Waals surface area contributed by atoms with Crippen LogP contribution in [-0.4, -0.2) is 54.9 Å². The number of fused-ring (bicyclic) bond motifs is 1. The second-order valence-corrected chi connectivity index (χ2v) is 9.48. The fourth-order valence-corrected chi connectivity index (χ4v) is 3.96. The summed E-state index contributed by atoms with van der Waals surface area (Å²) in [5, 5.41) is 3.07. The van der Waals surface area contributed by atoms with E-state index in [0.717, 1.165) is 12.2 Å². The molecule has 2 heterocycles. The molecule has 6 nitrogen and oxygen atoms in total. The van der Waals surface area contributed by atoms with Crippen LogP contribution in [0.2, 0.25) is 0 Å². The molecule has 7 heteroatoms. The third-order valence-electron chi connectivity index (χ3n) is 5.00. The molecule has 1 fully saturated rings. The maximum atomic E-state index is 12.5. The fraction of sp³-hybridized carbons (Fsp3) is 0.706. The molecule has 2 aliphatic rings. The Morgan fingerprint density at radius 1 is 1.33 bits per heavy atom. The molecule has 1 aromatic heterocycles. The number of nitrogens with zero attached hydrogens (tertiary/aromatic N) is 2. The summed E-state index contributed by atoms with van der Waals surface area (Å²) in [6.07, 6.45) is 4.43. The van der Waals surface area contributed by atoms with Crippen LogP contribution < -0.4 is 5.32 Å². The average Bonchev–Trinajstić information content (AvgIpc) is 3.33. The van der Waals surface area contributed by atoms with E-state index in [9.17, 15) is 13.2 Å². The summed E-state index contributed by atoms with van der Waals surface area (Å²) in [5.41, 5.74) is 1.14. The summed E-state index contributed by atoms with van der Waals surface area (Å²) in [7, 11) is -2.99. The van der Waals surface area contributed by atoms with E-state index in [4.69, 9.17) is 0 Å². The number of nitrogens with one attached hydrogen (secondary N) is 1. The molecule has 1 atom stereocenters. The molecule has 0 aromatic carbocycles. The number of amides is 1. The SMILES string of the molecule is CCS(=O)(=O)CCN1Cc2cccn2C[C@@H](C(=O)NCC2CC2)C1. The van der Waals surface area contributed by atoms with Crippen molar-refractivity contribution in [3.8, 4) is 0 Å². The molecule has 1 saturated carbocycles. The zero-order valence-corrected chi connectivity index (χ0v) is 15.1. The van der Waals surface area contributed by atoms with Crippen molar-refractivity contribution < 1.29 is 13.2 Å². The molecule has 0 unspecified atom stereocenters. The Morgan fingerprint density at radius 2 is 2.12 bits per heavy atom. The van der Waals surface area contributed by atoms with Crippen LogP contribution in [0.1, 0.15) is 25.5 Å². The van der Waals surface area contributed by atoms with E-state index in [-0.39, 0.29) is 23.3 Å². The number of hydrogen-bond donors (Lipinski definition) is 1. The highest BCUT2D eigenvalue weighted by Crippen LogP contribution is 2.27. The van der Waals surface area contributed by atoms with Crippen LogP contribution in [0.25, 0.3) is 0 Å². The lowest BCUT2D eigenvalue weighted by Crippen LogP contribution is -2.40. The molecule has 1 amide bonds. The minimum Gasteiger partial charge on any atom is -0.355 e. The van der Waals surface area contributed by atoms with E-state index in [1.165, 1.54) is 12.8 Å². The standard InChI is InChI=1S/C17H27N3O3S/c1-2-24(22,23)9-8-19-11-15(17(21)18-10-14-5-6-14)12-20-7-3-4-16(20)13-19/h3-4,7,14-15H,2,5-6,8-13H2,1H3,(H,18,21)/t15-/m0/s1. The van der Waals surface area contributed by atoms with Gasteiger partial charge in [-0.1, -0.05) is 6.92 Å². The first-order chi connectivity index (χ1) is 11.5. The highest BCUT2D eigenvalue weighted by Gasteiger charge is 2.29. The quantitative estimate of drug-likeness (QED) is 0.790. The molecule has 1 N–H and O–H groups in total. The molecule has 1 aromatic rings. The molecule has 0 saturated heterocycles. The van der Waals surface area contributed by atoms with Crippen molar-refractivity contribution in [1.82, 2.24) is 14.8 Å². The zero-order valence-electron chi connectivity index (χ0n) is 14.3. The summed E-state index contributed by atoms with van der Waals surface area (Å²) in [6, 6.07) is 4.03. The van der Waals surface area contributed by atoms with Gasteiger partial charge in [0.1, 0.15) is 0 Å². The summed E-state index contributed by atoms with van der Waals surface area (Å²) in [5.74, 6) is 0.935. The van der Waals surface area contributed by atoms with Gasteiger partial charge in [0.15, 0.2) is 9.84 Å². The van der Waals surface area contributed by atoms with Crippen LogP contribution in [-0.2, 0) is 27.7 Å². The van der Waals surface area contributed by atoms with Crippen molar-refractivity contribution in [1.29, 1.82) is 0 Å². The maximum absolute atomic E-state index is 12.5. The normalized spacial score (nSPS) is 22.0. The lowest BCUT2D eigenvalue weighted by Gasteiger charge is -2.23. The third kappa shape index (κ3) is 4.60. The summed E-state index contributed by atoms with van der Waals surface area (Å²) >= 11 is 0. The van der Waals surface area contributed by atoms with Crippen LogP contribution in [0, 0.1) is 11.8 Å². The molecular formula is C17H27N3O3S. The molecule has 0 spiro atoms. The van der Waals surface area contributed by atoms with Crippen molar-refractivity contribution in [2.75, 3.05) is 31.1 Å². The predicted octanol–water partition coefficient (Wildman–Crippen LogP) is 0.881. The second-order valence-electron chi connectivity index (χ2n) is 7.01. The minimum absolute atomic E-state index is 0.0896. The molecular weight excluding hydrogens is 326 g/mol. The monoisotopic (exact) mass is 353 g/mol. The van der Waals surface area contributed by atoms with Gasteiger partial charge in [0.2, 0.25) is 5.91 Å². The van der Waals surface area contributed by atoms with Gasteiger partial charge in [-0.2, -0.15) is 0 Å². The average molecular weight is 353 g/mol. The number of carbonyl (C=O) groups is 1. The highest BCUT2D eigenvalue weighted by molar-refractivity contribution is 7.91. The van der Waals surface area contributed by atoms with Crippen LogP contribution in [0.15, 0.2) is 18.3 Å². The van der Waals surface area contributed by atoms with E-state index in [1.54, 1.807) is 6.92 Å². The van der Waals surface area contributed by atoms with Gasteiger partial charge in [-0.15, -0.1) is 0 Å². The van der Waals surface area contributed by atoms with E-state index in [0.29, 0.717) is 32.1 Å². The summed E-state index contributed by atoms with van der Waals surface area (Å²) in [4.78, 5) is 14.7. The Morgan fingerprint density at radius 3 is 2.83 bits per heavy atom. The van der Waals surface area contributed by atoms with Crippen molar-refractivity contribution >= 4 is 15.7 Å². The molecule has 1 aliphatic carbocycles. The number of aromatic nitrogens is 1. The number of carbonyl (C=O) groups excluding carboxylic acids is 1. The smallest absolute Gasteiger partial charge is 0.226 e. The van der Waals surface area contributed by atoms with Gasteiger partial charge in [-0.3, -0.25) is 9.69 Å². The van der Waals surface area contributed by atoms with Crippen molar-refractivity contribution in [3.63, 3.8) is 0 Å². The van der Waals surface area contributed by atoms with Gasteiger partial charge in [-0.05, 0) is 30.9 Å². The van der Waals surface area contributed by atoms with Gasteiger partial charge in [-0.25, -0.2) is 8.42 Å². The first-order valence-electron chi connectivity index (χ1n) is 8.81. The summed E-state index contributed by atoms with van der Waals surface area (Å²) < 4.78 is 25.7. The largest absolute Gasteiger partial charge is 0.355 e. The van der Waals surface area contributed by atoms with E-state index < -0.39 is 9.84 Å². The lowest BCUT2D eigenvalue weighted by atomic mass is 10.1. The van der Waals surface area contributed by atoms with Crippen molar-refractivity contribution in [3.05, 3.63) is 24.0 Å². The van der Waals surface area contributed by atoms with Crippen LogP contribution >= 0.6 is 0 Å². The first-order valence-corrected chi connectivity index (χ1v) is 10.6. The molecule has 0 bridgehead atoms.